The number of likely N-dealkylation sites (N-methyl/N-ethyl adjacent to an activating group) is 1. The fourth-order valence-corrected chi connectivity index (χ4v) is 2.70. The maximum Gasteiger partial charge on any atom is 0.0195 e. The molecule has 2 unspecified atom stereocenters. The molecule has 0 aromatic heterocycles. The fourth-order valence-electron chi connectivity index (χ4n) is 2.26. The van der Waals surface area contributed by atoms with E-state index in [0.717, 1.165) is 17.7 Å². The molecule has 1 aliphatic rings. The van der Waals surface area contributed by atoms with E-state index in [1.54, 1.807) is 0 Å². The molecule has 1 fully saturated rings. The third-order valence-corrected chi connectivity index (χ3v) is 3.76. The van der Waals surface area contributed by atoms with Gasteiger partial charge < -0.3 is 4.90 Å². The second kappa shape index (κ2) is 6.77. The Morgan fingerprint density at radius 3 is 2.67 bits per heavy atom. The van der Waals surface area contributed by atoms with E-state index < -0.39 is 0 Å². The molecule has 1 rings (SSSR count). The average molecular weight is 230 g/mol. The maximum atomic E-state index is 4.29. The predicted octanol–water partition coefficient (Wildman–Crippen LogP) is 1.97. The highest BCUT2D eigenvalue weighted by molar-refractivity contribution is 7.80. The van der Waals surface area contributed by atoms with Crippen LogP contribution in [-0.4, -0.2) is 54.8 Å². The number of nitrogens with zero attached hydrogens (tertiary/aromatic N) is 2. The molecule has 0 bridgehead atoms. The monoisotopic (exact) mass is 230 g/mol. The Bertz CT molecular complexity index is 175. The molecular formula is C12H26N2S. The molecule has 1 saturated heterocycles. The van der Waals surface area contributed by atoms with Gasteiger partial charge in [0.05, 0.1) is 0 Å². The fraction of sp³-hybridized carbons (Fsp3) is 1.00. The molecule has 0 saturated carbocycles. The zero-order chi connectivity index (χ0) is 11.3. The number of thiol groups is 1. The molecule has 0 aromatic carbocycles. The van der Waals surface area contributed by atoms with Gasteiger partial charge in [0.2, 0.25) is 0 Å². The lowest BCUT2D eigenvalue weighted by Gasteiger charge is -2.38. The Labute approximate surface area is 100 Å². The van der Waals surface area contributed by atoms with Crippen LogP contribution in [-0.2, 0) is 0 Å². The van der Waals surface area contributed by atoms with Crippen molar-refractivity contribution in [3.63, 3.8) is 0 Å². The molecule has 0 amide bonds. The summed E-state index contributed by atoms with van der Waals surface area (Å²) in [5.41, 5.74) is 0. The lowest BCUT2D eigenvalue weighted by Crippen LogP contribution is -2.50. The maximum absolute atomic E-state index is 4.29. The predicted molar refractivity (Wildman–Crippen MR) is 70.8 cm³/mol. The molecule has 2 nitrogen and oxygen atoms in total. The molecular weight excluding hydrogens is 204 g/mol. The Kier molecular flexibility index (Phi) is 6.02. The van der Waals surface area contributed by atoms with Crippen molar-refractivity contribution in [2.45, 2.75) is 32.7 Å². The van der Waals surface area contributed by atoms with E-state index in [2.05, 4.69) is 43.3 Å². The van der Waals surface area contributed by atoms with Gasteiger partial charge in [-0.05, 0) is 45.0 Å². The van der Waals surface area contributed by atoms with Crippen LogP contribution in [0.2, 0.25) is 0 Å². The van der Waals surface area contributed by atoms with Crippen LogP contribution in [0, 0.1) is 5.92 Å². The third-order valence-electron chi connectivity index (χ3n) is 3.50. The minimum Gasteiger partial charge on any atom is -0.304 e. The van der Waals surface area contributed by atoms with Crippen LogP contribution in [0.25, 0.3) is 0 Å². The average Bonchev–Trinajstić information content (AvgIpc) is 2.17. The summed E-state index contributed by atoms with van der Waals surface area (Å²) in [6, 6.07) is 0.729. The minimum atomic E-state index is 0.729. The van der Waals surface area contributed by atoms with Crippen LogP contribution in [0.3, 0.4) is 0 Å². The highest BCUT2D eigenvalue weighted by atomic mass is 32.1. The van der Waals surface area contributed by atoms with Crippen LogP contribution in [0.5, 0.6) is 0 Å². The Morgan fingerprint density at radius 2 is 2.07 bits per heavy atom. The Morgan fingerprint density at radius 1 is 1.33 bits per heavy atom. The molecule has 0 spiro atoms. The van der Waals surface area contributed by atoms with Crippen molar-refractivity contribution in [3.8, 4) is 0 Å². The third kappa shape index (κ3) is 4.75. The number of hydrogen-bond donors (Lipinski definition) is 1. The van der Waals surface area contributed by atoms with E-state index >= 15 is 0 Å². The lowest BCUT2D eigenvalue weighted by atomic mass is 10.0. The molecule has 1 aliphatic heterocycles. The zero-order valence-corrected chi connectivity index (χ0v) is 11.3. The van der Waals surface area contributed by atoms with Gasteiger partial charge in [-0.15, -0.1) is 0 Å². The first kappa shape index (κ1) is 13.3. The summed E-state index contributed by atoms with van der Waals surface area (Å²) in [4.78, 5) is 5.06. The van der Waals surface area contributed by atoms with E-state index in [0.29, 0.717) is 0 Å². The summed E-state index contributed by atoms with van der Waals surface area (Å²) in [7, 11) is 2.22. The minimum absolute atomic E-state index is 0.729. The standard InChI is InChI=1S/C12H26N2S/c1-11(5-9-15)4-6-14-8-7-13(3)10-12(14)2/h11-12,15H,4-10H2,1-3H3. The molecule has 0 N–H and O–H groups in total. The van der Waals surface area contributed by atoms with Crippen molar-refractivity contribution in [2.24, 2.45) is 5.92 Å². The summed E-state index contributed by atoms with van der Waals surface area (Å²) >= 11 is 4.29. The van der Waals surface area contributed by atoms with Crippen molar-refractivity contribution in [1.82, 2.24) is 9.80 Å². The summed E-state index contributed by atoms with van der Waals surface area (Å²) in [5.74, 6) is 1.86. The van der Waals surface area contributed by atoms with Gasteiger partial charge in [0.1, 0.15) is 0 Å². The van der Waals surface area contributed by atoms with Gasteiger partial charge in [0.15, 0.2) is 0 Å². The highest BCUT2D eigenvalue weighted by Gasteiger charge is 2.21. The van der Waals surface area contributed by atoms with Crippen LogP contribution in [0.15, 0.2) is 0 Å². The molecule has 2 atom stereocenters. The first-order valence-electron chi connectivity index (χ1n) is 6.17. The summed E-state index contributed by atoms with van der Waals surface area (Å²) in [6.07, 6.45) is 2.58. The SMILES string of the molecule is CC(CCS)CCN1CCN(C)CC1C. The van der Waals surface area contributed by atoms with Crippen LogP contribution >= 0.6 is 12.6 Å². The highest BCUT2D eigenvalue weighted by Crippen LogP contribution is 2.13. The molecule has 0 aromatic rings. The number of piperazine rings is 1. The first-order valence-corrected chi connectivity index (χ1v) is 6.80. The van der Waals surface area contributed by atoms with Gasteiger partial charge in [-0.1, -0.05) is 6.92 Å². The van der Waals surface area contributed by atoms with Crippen LogP contribution in [0.1, 0.15) is 26.7 Å². The first-order chi connectivity index (χ1) is 7.13. The topological polar surface area (TPSA) is 6.48 Å². The van der Waals surface area contributed by atoms with E-state index in [-0.39, 0.29) is 0 Å². The molecule has 90 valence electrons. The van der Waals surface area contributed by atoms with Gasteiger partial charge in [0.25, 0.3) is 0 Å². The van der Waals surface area contributed by atoms with Gasteiger partial charge in [0, 0.05) is 25.7 Å². The lowest BCUT2D eigenvalue weighted by molar-refractivity contribution is 0.0950. The second-order valence-electron chi connectivity index (χ2n) is 5.05. The van der Waals surface area contributed by atoms with E-state index in [1.165, 1.54) is 39.0 Å². The molecule has 3 heteroatoms. The Hall–Kier alpha value is 0.270. The van der Waals surface area contributed by atoms with Crippen molar-refractivity contribution >= 4 is 12.6 Å². The molecule has 0 aliphatic carbocycles. The smallest absolute Gasteiger partial charge is 0.0195 e. The quantitative estimate of drug-likeness (QED) is 0.722. The van der Waals surface area contributed by atoms with Gasteiger partial charge in [-0.25, -0.2) is 0 Å². The van der Waals surface area contributed by atoms with E-state index in [1.807, 2.05) is 0 Å². The van der Waals surface area contributed by atoms with Crippen molar-refractivity contribution < 1.29 is 0 Å². The molecule has 15 heavy (non-hydrogen) atoms. The van der Waals surface area contributed by atoms with Gasteiger partial charge in [-0.3, -0.25) is 4.90 Å². The zero-order valence-electron chi connectivity index (χ0n) is 10.4. The normalized spacial score (nSPS) is 26.8. The van der Waals surface area contributed by atoms with Crippen molar-refractivity contribution in [1.29, 1.82) is 0 Å². The summed E-state index contributed by atoms with van der Waals surface area (Å²) in [6.45, 7) is 9.65. The van der Waals surface area contributed by atoms with E-state index in [4.69, 9.17) is 0 Å². The van der Waals surface area contributed by atoms with Gasteiger partial charge >= 0.3 is 0 Å². The number of hydrogen-bond acceptors (Lipinski definition) is 3. The molecule has 1 heterocycles. The second-order valence-corrected chi connectivity index (χ2v) is 5.50. The van der Waals surface area contributed by atoms with Crippen molar-refractivity contribution in [3.05, 3.63) is 0 Å². The summed E-state index contributed by atoms with van der Waals surface area (Å²) in [5, 5.41) is 0. The van der Waals surface area contributed by atoms with Gasteiger partial charge in [-0.2, -0.15) is 12.6 Å². The number of rotatable bonds is 5. The van der Waals surface area contributed by atoms with Crippen molar-refractivity contribution in [2.75, 3.05) is 39.0 Å². The summed E-state index contributed by atoms with van der Waals surface area (Å²) < 4.78 is 0. The van der Waals surface area contributed by atoms with Crippen LogP contribution in [0.4, 0.5) is 0 Å². The van der Waals surface area contributed by atoms with Crippen LogP contribution < -0.4 is 0 Å². The Balaban J connectivity index is 2.20. The largest absolute Gasteiger partial charge is 0.304 e. The van der Waals surface area contributed by atoms with E-state index in [9.17, 15) is 0 Å². The molecule has 0 radical (unpaired) electrons.